The van der Waals surface area contributed by atoms with Crippen LogP contribution < -0.4 is 4.90 Å². The van der Waals surface area contributed by atoms with Gasteiger partial charge >= 0.3 is 0 Å². The van der Waals surface area contributed by atoms with Crippen molar-refractivity contribution >= 4 is 49.8 Å². The van der Waals surface area contributed by atoms with Crippen molar-refractivity contribution in [1.29, 1.82) is 0 Å². The van der Waals surface area contributed by atoms with Gasteiger partial charge in [-0.05, 0) is 120 Å². The van der Waals surface area contributed by atoms with E-state index in [1.807, 2.05) is 6.07 Å². The van der Waals surface area contributed by atoms with Gasteiger partial charge in [-0.3, -0.25) is 0 Å². The van der Waals surface area contributed by atoms with Crippen LogP contribution in [0.3, 0.4) is 0 Å². The summed E-state index contributed by atoms with van der Waals surface area (Å²) in [7, 11) is 0. The topological polar surface area (TPSA) is 21.3 Å². The van der Waals surface area contributed by atoms with Crippen LogP contribution in [0.1, 0.15) is 25.2 Å². The summed E-state index contributed by atoms with van der Waals surface area (Å²) in [6, 6.07) is 70.1. The summed E-state index contributed by atoms with van der Waals surface area (Å²) in [6.07, 6.45) is 0. The molecule has 0 fully saturated rings. The Morgan fingerprint density at radius 2 is 1.00 bits per heavy atom. The summed E-state index contributed by atoms with van der Waals surface area (Å²) in [5.74, 6) is 1.04. The minimum Gasteiger partial charge on any atom is -0.459 e. The third kappa shape index (κ3) is 4.98. The zero-order valence-corrected chi connectivity index (χ0v) is 31.3. The van der Waals surface area contributed by atoms with Crippen molar-refractivity contribution < 1.29 is 4.42 Å². The van der Waals surface area contributed by atoms with Gasteiger partial charge < -0.3 is 13.9 Å². The van der Waals surface area contributed by atoms with Gasteiger partial charge in [0.25, 0.3) is 0 Å². The minimum atomic E-state index is -0.283. The molecule has 0 bridgehead atoms. The number of aromatic nitrogens is 1. The number of benzene rings is 8. The number of anilines is 3. The molecular weight excluding hydrogens is 681 g/mol. The molecule has 0 atom stereocenters. The summed E-state index contributed by atoms with van der Waals surface area (Å²) >= 11 is 0. The molecule has 3 nitrogen and oxygen atoms in total. The van der Waals surface area contributed by atoms with E-state index in [1.165, 1.54) is 71.8 Å². The second-order valence-corrected chi connectivity index (χ2v) is 15.4. The molecule has 56 heavy (non-hydrogen) atoms. The molecule has 0 amide bonds. The molecule has 11 rings (SSSR count). The monoisotopic (exact) mass is 718 g/mol. The highest BCUT2D eigenvalue weighted by atomic mass is 16.3. The van der Waals surface area contributed by atoms with Crippen molar-refractivity contribution in [2.24, 2.45) is 0 Å². The predicted molar refractivity (Wildman–Crippen MR) is 234 cm³/mol. The third-order valence-corrected chi connectivity index (χ3v) is 11.7. The lowest BCUT2D eigenvalue weighted by Crippen LogP contribution is -2.16. The quantitative estimate of drug-likeness (QED) is 0.171. The van der Waals surface area contributed by atoms with Crippen molar-refractivity contribution in [3.05, 3.63) is 205 Å². The second kappa shape index (κ2) is 12.5. The Morgan fingerprint density at radius 3 is 1.73 bits per heavy atom. The molecule has 2 heterocycles. The fourth-order valence-corrected chi connectivity index (χ4v) is 8.97. The number of para-hydroxylation sites is 3. The van der Waals surface area contributed by atoms with Crippen LogP contribution in [-0.4, -0.2) is 4.57 Å². The standard InChI is InChI=1S/C53H38N2O/c1-53(2)47-34-42(30-31-44(47)51-45-18-10-12-20-50(45)56-52(51)53)54(40-26-21-36(22-27-40)35-13-5-3-6-14-35)41-28-23-37(24-29-41)38-25-32-49-46(33-38)43-17-9-11-19-48(43)55(49)39-15-7-4-8-16-39/h3-34H,1-2H3. The van der Waals surface area contributed by atoms with E-state index < -0.39 is 0 Å². The molecular formula is C53H38N2O. The summed E-state index contributed by atoms with van der Waals surface area (Å²) in [4.78, 5) is 2.38. The number of furan rings is 1. The van der Waals surface area contributed by atoms with E-state index in [4.69, 9.17) is 4.42 Å². The lowest BCUT2D eigenvalue weighted by molar-refractivity contribution is 0.465. The molecule has 8 aromatic carbocycles. The van der Waals surface area contributed by atoms with Crippen molar-refractivity contribution in [3.8, 4) is 39.1 Å². The largest absolute Gasteiger partial charge is 0.459 e. The van der Waals surface area contributed by atoms with Gasteiger partial charge in [-0.2, -0.15) is 0 Å². The lowest BCUT2D eigenvalue weighted by Gasteiger charge is -2.28. The smallest absolute Gasteiger partial charge is 0.134 e. The highest BCUT2D eigenvalue weighted by Gasteiger charge is 2.41. The number of rotatable bonds is 6. The van der Waals surface area contributed by atoms with E-state index in [0.717, 1.165) is 28.4 Å². The molecule has 0 unspecified atom stereocenters. The van der Waals surface area contributed by atoms with Crippen LogP contribution in [-0.2, 0) is 5.41 Å². The molecule has 10 aromatic rings. The maximum absolute atomic E-state index is 6.55. The zero-order valence-electron chi connectivity index (χ0n) is 31.3. The van der Waals surface area contributed by atoms with Crippen LogP contribution in [0.4, 0.5) is 17.1 Å². The summed E-state index contributed by atoms with van der Waals surface area (Å²) in [5.41, 5.74) is 16.1. The van der Waals surface area contributed by atoms with E-state index in [2.05, 4.69) is 211 Å². The Bertz CT molecular complexity index is 3080. The fraction of sp³-hybridized carbons (Fsp3) is 0.0566. The SMILES string of the molecule is CC1(C)c2cc(N(c3ccc(-c4ccccc4)cc3)c3ccc(-c4ccc5c(c4)c4ccccc4n5-c4ccccc4)cc3)ccc2-c2c1oc1ccccc21. The number of nitrogens with zero attached hydrogens (tertiary/aromatic N) is 2. The Kier molecular flexibility index (Phi) is 7.20. The first kappa shape index (κ1) is 32.3. The second-order valence-electron chi connectivity index (χ2n) is 15.4. The molecule has 0 spiro atoms. The van der Waals surface area contributed by atoms with Crippen molar-refractivity contribution in [2.75, 3.05) is 4.90 Å². The first-order valence-electron chi connectivity index (χ1n) is 19.3. The van der Waals surface area contributed by atoms with Gasteiger partial charge in [-0.1, -0.05) is 121 Å². The lowest BCUT2D eigenvalue weighted by atomic mass is 9.85. The highest BCUT2D eigenvalue weighted by Crippen LogP contribution is 2.54. The molecule has 1 aliphatic carbocycles. The number of hydrogen-bond acceptors (Lipinski definition) is 2. The van der Waals surface area contributed by atoms with Gasteiger partial charge in [0.2, 0.25) is 0 Å². The molecule has 0 N–H and O–H groups in total. The first-order chi connectivity index (χ1) is 27.5. The van der Waals surface area contributed by atoms with E-state index in [9.17, 15) is 0 Å². The minimum absolute atomic E-state index is 0.283. The molecule has 0 aliphatic heterocycles. The van der Waals surface area contributed by atoms with Gasteiger partial charge in [0.15, 0.2) is 0 Å². The van der Waals surface area contributed by atoms with Crippen LogP contribution in [0.2, 0.25) is 0 Å². The molecule has 3 heteroatoms. The molecule has 0 saturated carbocycles. The summed E-state index contributed by atoms with van der Waals surface area (Å²) in [6.45, 7) is 4.57. The Labute approximate surface area is 326 Å². The van der Waals surface area contributed by atoms with Crippen LogP contribution in [0.25, 0.3) is 71.8 Å². The molecule has 266 valence electrons. The molecule has 2 aromatic heterocycles. The first-order valence-corrected chi connectivity index (χ1v) is 19.3. The summed E-state index contributed by atoms with van der Waals surface area (Å²) < 4.78 is 8.91. The third-order valence-electron chi connectivity index (χ3n) is 11.7. The maximum atomic E-state index is 6.55. The Morgan fingerprint density at radius 1 is 0.446 bits per heavy atom. The molecule has 0 saturated heterocycles. The van der Waals surface area contributed by atoms with Crippen molar-refractivity contribution in [1.82, 2.24) is 4.57 Å². The zero-order chi connectivity index (χ0) is 37.4. The molecule has 0 radical (unpaired) electrons. The fourth-order valence-electron chi connectivity index (χ4n) is 8.97. The maximum Gasteiger partial charge on any atom is 0.134 e. The van der Waals surface area contributed by atoms with Gasteiger partial charge in [-0.15, -0.1) is 0 Å². The average molecular weight is 719 g/mol. The van der Waals surface area contributed by atoms with Crippen LogP contribution in [0.15, 0.2) is 199 Å². The summed E-state index contributed by atoms with van der Waals surface area (Å²) in [5, 5.41) is 3.68. The number of hydrogen-bond donors (Lipinski definition) is 0. The van der Waals surface area contributed by atoms with Gasteiger partial charge in [0.1, 0.15) is 11.3 Å². The Hall–Kier alpha value is -7.10. The highest BCUT2D eigenvalue weighted by molar-refractivity contribution is 6.10. The Balaban J connectivity index is 1.02. The van der Waals surface area contributed by atoms with Gasteiger partial charge in [0, 0.05) is 49.9 Å². The van der Waals surface area contributed by atoms with Crippen LogP contribution >= 0.6 is 0 Å². The van der Waals surface area contributed by atoms with E-state index in [-0.39, 0.29) is 5.41 Å². The average Bonchev–Trinajstić information content (AvgIpc) is 3.88. The van der Waals surface area contributed by atoms with Gasteiger partial charge in [0.05, 0.1) is 11.0 Å². The molecule has 1 aliphatic rings. The van der Waals surface area contributed by atoms with E-state index >= 15 is 0 Å². The predicted octanol–water partition coefficient (Wildman–Crippen LogP) is 14.6. The van der Waals surface area contributed by atoms with E-state index in [1.54, 1.807) is 0 Å². The van der Waals surface area contributed by atoms with Crippen molar-refractivity contribution in [2.45, 2.75) is 19.3 Å². The van der Waals surface area contributed by atoms with Crippen LogP contribution in [0.5, 0.6) is 0 Å². The number of fused-ring (bicyclic) bond motifs is 8. The van der Waals surface area contributed by atoms with Crippen molar-refractivity contribution in [3.63, 3.8) is 0 Å². The van der Waals surface area contributed by atoms with E-state index in [0.29, 0.717) is 0 Å². The van der Waals surface area contributed by atoms with Crippen LogP contribution in [0, 0.1) is 0 Å². The van der Waals surface area contributed by atoms with Gasteiger partial charge in [-0.25, -0.2) is 0 Å². The normalized spacial score (nSPS) is 13.0.